The highest BCUT2D eigenvalue weighted by molar-refractivity contribution is 7.13. The topological polar surface area (TPSA) is 222 Å². The van der Waals surface area contributed by atoms with Crippen LogP contribution in [0.2, 0.25) is 16.6 Å². The zero-order chi connectivity index (χ0) is 67.9. The molecule has 0 spiro atoms. The average molecular weight is 1340 g/mol. The number of aromatic nitrogens is 5. The van der Waals surface area contributed by atoms with Crippen molar-refractivity contribution in [3.8, 4) is 50.8 Å². The number of rotatable bonds is 19. The molecule has 3 aromatic carbocycles. The summed E-state index contributed by atoms with van der Waals surface area (Å²) in [4.78, 5) is 69.4. The third-order valence-electron chi connectivity index (χ3n) is 19.8. The number of anilines is 1. The Hall–Kier alpha value is -7.78. The number of ether oxygens (including phenoxy) is 3. The molecule has 2 unspecified atom stereocenters. The summed E-state index contributed by atoms with van der Waals surface area (Å²) in [6.07, 6.45) is 3.50. The fraction of sp³-hybridized carbons (Fsp3) is 0.528. The molecule has 23 heteroatoms. The van der Waals surface area contributed by atoms with Crippen LogP contribution in [0.3, 0.4) is 0 Å². The molecule has 11 rings (SSSR count). The van der Waals surface area contributed by atoms with Crippen molar-refractivity contribution < 1.29 is 52.1 Å². The lowest BCUT2D eigenvalue weighted by Crippen LogP contribution is -2.57. The first-order valence-electron chi connectivity index (χ1n) is 33.5. The molecule has 4 saturated heterocycles. The molecule has 95 heavy (non-hydrogen) atoms. The lowest BCUT2D eigenvalue weighted by Gasteiger charge is -2.42. The number of likely N-dealkylation sites (tertiary alicyclic amines) is 2. The van der Waals surface area contributed by atoms with Crippen molar-refractivity contribution >= 4 is 64.8 Å². The molecule has 0 radical (unpaired) electrons. The molecule has 6 atom stereocenters. The molecule has 2 bridgehead atoms. The number of carbonyl (C=O) groups is 3. The Morgan fingerprint density at radius 1 is 0.874 bits per heavy atom. The predicted octanol–water partition coefficient (Wildman–Crippen LogP) is 13.2. The van der Waals surface area contributed by atoms with Gasteiger partial charge in [0.1, 0.15) is 60.8 Å². The van der Waals surface area contributed by atoms with Crippen LogP contribution in [0.4, 0.5) is 19.4 Å². The summed E-state index contributed by atoms with van der Waals surface area (Å²) < 4.78 is 58.6. The quantitative estimate of drug-likeness (QED) is 0.0506. The smallest absolute Gasteiger partial charge is 0.410 e. The van der Waals surface area contributed by atoms with Gasteiger partial charge in [-0.1, -0.05) is 91.6 Å². The van der Waals surface area contributed by atoms with E-state index in [0.29, 0.717) is 54.0 Å². The van der Waals surface area contributed by atoms with Crippen molar-refractivity contribution in [3.63, 3.8) is 0 Å². The zero-order valence-corrected chi connectivity index (χ0v) is 58.7. The number of piperazine rings is 1. The number of phenols is 1. The fourth-order valence-electron chi connectivity index (χ4n) is 15.0. The fourth-order valence-corrected chi connectivity index (χ4v) is 21.0. The number of phenolic OH excluding ortho intramolecular Hbond substituents is 1. The van der Waals surface area contributed by atoms with Gasteiger partial charge < -0.3 is 44.1 Å². The van der Waals surface area contributed by atoms with E-state index in [9.17, 15) is 24.6 Å². The van der Waals surface area contributed by atoms with Gasteiger partial charge in [-0.3, -0.25) is 24.4 Å². The van der Waals surface area contributed by atoms with E-state index in [4.69, 9.17) is 33.7 Å². The van der Waals surface area contributed by atoms with Crippen LogP contribution in [-0.4, -0.2) is 158 Å². The maximum absolute atomic E-state index is 17.9. The average Bonchev–Trinajstić information content (AvgIpc) is 1.20. The van der Waals surface area contributed by atoms with E-state index < -0.39 is 43.4 Å². The summed E-state index contributed by atoms with van der Waals surface area (Å²) >= 11 is 1.58. The Balaban J connectivity index is 0.766. The van der Waals surface area contributed by atoms with Gasteiger partial charge in [-0.15, -0.1) is 16.9 Å². The molecule has 3 amide bonds. The second-order valence-corrected chi connectivity index (χ2v) is 35.0. The van der Waals surface area contributed by atoms with Crippen LogP contribution in [0.25, 0.3) is 43.4 Å². The van der Waals surface area contributed by atoms with Crippen molar-refractivity contribution in [2.45, 2.75) is 181 Å². The van der Waals surface area contributed by atoms with E-state index in [1.807, 2.05) is 88.0 Å². The minimum absolute atomic E-state index is 0.00985. The Morgan fingerprint density at radius 2 is 1.57 bits per heavy atom. The number of carbonyl (C=O) groups excluding carboxylic acids is 3. The molecule has 7 aromatic rings. The lowest BCUT2D eigenvalue weighted by atomic mass is 9.91. The normalized spacial score (nSPS) is 19.5. The molecule has 4 aliphatic rings. The first-order valence-corrected chi connectivity index (χ1v) is 36.7. The summed E-state index contributed by atoms with van der Waals surface area (Å²) in [6.45, 7) is 29.7. The van der Waals surface area contributed by atoms with E-state index >= 15 is 8.78 Å². The molecule has 0 aliphatic carbocycles. The van der Waals surface area contributed by atoms with E-state index in [2.05, 4.69) is 73.4 Å². The minimum atomic E-state index is -2.37. The van der Waals surface area contributed by atoms with Gasteiger partial charge >= 0.3 is 12.1 Å². The Labute approximate surface area is 560 Å². The van der Waals surface area contributed by atoms with E-state index in [-0.39, 0.29) is 124 Å². The van der Waals surface area contributed by atoms with Gasteiger partial charge in [-0.25, -0.2) is 18.6 Å². The number of aromatic hydroxyl groups is 1. The van der Waals surface area contributed by atoms with Gasteiger partial charge in [-0.05, 0) is 142 Å². The number of amides is 3. The highest BCUT2D eigenvalue weighted by atomic mass is 32.1. The summed E-state index contributed by atoms with van der Waals surface area (Å²) in [6, 6.07) is 13.8. The first-order chi connectivity index (χ1) is 45.2. The third kappa shape index (κ3) is 14.4. The Bertz CT molecular complexity index is 3990. The number of halogens is 2. The molecule has 3 N–H and O–H groups in total. The molecule has 4 aliphatic heterocycles. The first kappa shape index (κ1) is 68.6. The maximum atomic E-state index is 17.9. The van der Waals surface area contributed by atoms with Crippen LogP contribution in [0, 0.1) is 41.9 Å². The number of benzene rings is 3. The number of aliphatic hydroxyl groups is 1. The summed E-state index contributed by atoms with van der Waals surface area (Å²) in [5, 5.41) is 30.5. The van der Waals surface area contributed by atoms with Crippen LogP contribution in [0.15, 0.2) is 70.8 Å². The number of aliphatic hydroxyl groups excluding tert-OH is 1. The highest BCUT2D eigenvalue weighted by Gasteiger charge is 2.47. The van der Waals surface area contributed by atoms with Crippen LogP contribution in [0.1, 0.15) is 150 Å². The Morgan fingerprint density at radius 3 is 2.21 bits per heavy atom. The molecule has 8 heterocycles. The molecule has 506 valence electrons. The third-order valence-corrected chi connectivity index (χ3v) is 27.1. The second kappa shape index (κ2) is 28.1. The molecular weight excluding hydrogens is 1250 g/mol. The van der Waals surface area contributed by atoms with Crippen molar-refractivity contribution in [3.05, 3.63) is 101 Å². The standard InChI is InChI=1S/C72H90F2N10O9SSi/c1-40(2)61(69(88)83-37-53(86)32-58(83)68(87)77-44(9)47-14-16-48(17-15-47)66-45(10)76-39-94-66)59-33-60(80-93-59)91-38-46-22-25-81(26-23-46)27-28-90-70-78-65-56(67(79-70)82-35-50-19-20-51(36-82)84(50)71(89)92-72(11,12)13)34-75-64(63(65)74)55-31-52(85)30-49-18-21-57(73)54(62(49)55)24-29-95(41(3)4,42(5)6)43(7)8/h14-18,21,30-31,33-34,39-44,46,50-51,53,58,61,85-86H,19-20,22-23,25-28,32,35-38H2,1-13H3,(H,77,87)/t44-,50?,51?,53+,58-,61+/m0/s1. The number of β-amino-alcohol motifs (C(OH)–C–C–N with tert-alkyl or cyclic N) is 1. The molecule has 19 nitrogen and oxygen atoms in total. The number of thiazole rings is 1. The van der Waals surface area contributed by atoms with Crippen molar-refractivity contribution in [1.82, 2.24) is 45.1 Å². The van der Waals surface area contributed by atoms with Gasteiger partial charge in [0.15, 0.2) is 11.6 Å². The number of pyridine rings is 1. The SMILES string of the molecule is Cc1ncsc1-c1ccc([C@H](C)NC(=O)[C@@H]2C[C@@H](O)CN2C(=O)[C@@H](c2cc(OCC3CCN(CCOc4nc(N5CC6CCC(C5)N6C(=O)OC(C)(C)C)c5cnc(-c6cc(O)cc7ccc(F)c(C#C[Si](C(C)C)(C(C)C)C(C)C)c67)c(F)c5n4)CC3)no2)C(C)C)cc1. The number of fused-ring (bicyclic) bond motifs is 4. The van der Waals surface area contributed by atoms with Crippen molar-refractivity contribution in [2.75, 3.05) is 57.4 Å². The number of nitrogens with zero attached hydrogens (tertiary/aromatic N) is 9. The number of hydrogen-bond donors (Lipinski definition) is 3. The van der Waals surface area contributed by atoms with Crippen LogP contribution >= 0.6 is 11.3 Å². The largest absolute Gasteiger partial charge is 0.508 e. The number of nitrogens with one attached hydrogen (secondary N) is 1. The number of aryl methyl sites for hydroxylation is 1. The van der Waals surface area contributed by atoms with Crippen LogP contribution in [0.5, 0.6) is 17.6 Å². The molecule has 4 aromatic heterocycles. The summed E-state index contributed by atoms with van der Waals surface area (Å²) in [7, 11) is -2.37. The van der Waals surface area contributed by atoms with Crippen LogP contribution < -0.4 is 19.7 Å². The van der Waals surface area contributed by atoms with Crippen LogP contribution in [-0.2, 0) is 14.3 Å². The molecular formula is C72H90F2N10O9SSi. The summed E-state index contributed by atoms with van der Waals surface area (Å²) in [5.41, 5.74) is 8.57. The minimum Gasteiger partial charge on any atom is -0.508 e. The molecule has 0 saturated carbocycles. The van der Waals surface area contributed by atoms with Gasteiger partial charge in [0, 0.05) is 55.8 Å². The van der Waals surface area contributed by atoms with Gasteiger partial charge in [-0.2, -0.15) is 9.97 Å². The van der Waals surface area contributed by atoms with E-state index in [0.717, 1.165) is 60.5 Å². The van der Waals surface area contributed by atoms with Crippen molar-refractivity contribution in [1.29, 1.82) is 0 Å². The number of hydrogen-bond acceptors (Lipinski definition) is 17. The predicted molar refractivity (Wildman–Crippen MR) is 366 cm³/mol. The Kier molecular flexibility index (Phi) is 20.3. The monoisotopic (exact) mass is 1340 g/mol. The zero-order valence-electron chi connectivity index (χ0n) is 56.8. The summed E-state index contributed by atoms with van der Waals surface area (Å²) in [5.74, 6) is 1.22. The highest BCUT2D eigenvalue weighted by Crippen LogP contribution is 2.44. The van der Waals surface area contributed by atoms with Crippen molar-refractivity contribution in [2.24, 2.45) is 11.8 Å². The molecule has 4 fully saturated rings. The van der Waals surface area contributed by atoms with E-state index in [1.165, 1.54) is 29.3 Å². The van der Waals surface area contributed by atoms with E-state index in [1.54, 1.807) is 23.5 Å². The maximum Gasteiger partial charge on any atom is 0.410 e. The lowest BCUT2D eigenvalue weighted by molar-refractivity contribution is -0.141. The second-order valence-electron chi connectivity index (χ2n) is 28.6. The van der Waals surface area contributed by atoms with Gasteiger partial charge in [0.25, 0.3) is 5.88 Å². The number of piperidine rings is 1. The van der Waals surface area contributed by atoms with Gasteiger partial charge in [0.05, 0.1) is 57.9 Å². The van der Waals surface area contributed by atoms with Gasteiger partial charge in [0.2, 0.25) is 11.8 Å².